The molecule has 0 N–H and O–H groups in total. The van der Waals surface area contributed by atoms with Gasteiger partial charge in [-0.1, -0.05) is 74.0 Å². The minimum Gasteiger partial charge on any atom is -0.440 e. The summed E-state index contributed by atoms with van der Waals surface area (Å²) in [5.41, 5.74) is -1.39. The van der Waals surface area contributed by atoms with Crippen molar-refractivity contribution < 1.29 is 14.3 Å². The van der Waals surface area contributed by atoms with Crippen LogP contribution in [0.15, 0.2) is 60.7 Å². The molecule has 0 bridgehead atoms. The fourth-order valence-electron chi connectivity index (χ4n) is 3.00. The van der Waals surface area contributed by atoms with Gasteiger partial charge in [-0.3, -0.25) is 9.69 Å². The first-order chi connectivity index (χ1) is 12.4. The summed E-state index contributed by atoms with van der Waals surface area (Å²) in [5, 5.41) is 0. The number of nitrogens with zero attached hydrogens (tertiary/aromatic N) is 1. The Hall–Kier alpha value is -2.17. The van der Waals surface area contributed by atoms with E-state index in [0.717, 1.165) is 0 Å². The number of rotatable bonds is 8. The predicted octanol–water partition coefficient (Wildman–Crippen LogP) is 4.39. The van der Waals surface area contributed by atoms with Crippen molar-refractivity contribution in [2.75, 3.05) is 13.1 Å². The summed E-state index contributed by atoms with van der Waals surface area (Å²) >= 11 is 6.52. The second-order valence-corrected chi connectivity index (χ2v) is 6.50. The molecule has 0 aliphatic carbocycles. The highest BCUT2D eigenvalue weighted by Gasteiger charge is 2.47. The molecule has 2 aromatic rings. The van der Waals surface area contributed by atoms with Gasteiger partial charge in [0.15, 0.2) is 5.78 Å². The molecule has 4 nitrogen and oxygen atoms in total. The highest BCUT2D eigenvalue weighted by molar-refractivity contribution is 6.24. The highest BCUT2D eigenvalue weighted by Crippen LogP contribution is 2.30. The maximum atomic E-state index is 13.3. The van der Waals surface area contributed by atoms with Crippen molar-refractivity contribution in [2.45, 2.75) is 31.9 Å². The second-order valence-electron chi connectivity index (χ2n) is 6.10. The zero-order valence-corrected chi connectivity index (χ0v) is 16.1. The largest absolute Gasteiger partial charge is 0.440 e. The molecule has 0 spiro atoms. The van der Waals surface area contributed by atoms with Gasteiger partial charge < -0.3 is 4.74 Å². The van der Waals surface area contributed by atoms with Crippen LogP contribution in [0.3, 0.4) is 0 Å². The van der Waals surface area contributed by atoms with Crippen LogP contribution in [0.25, 0.3) is 0 Å². The number of ketones is 1. The van der Waals surface area contributed by atoms with Crippen LogP contribution in [0.1, 0.15) is 41.5 Å². The Balaban J connectivity index is 2.34. The van der Waals surface area contributed by atoms with E-state index in [0.29, 0.717) is 24.2 Å². The lowest BCUT2D eigenvalue weighted by Gasteiger charge is -2.41. The van der Waals surface area contributed by atoms with Crippen molar-refractivity contribution >= 4 is 23.4 Å². The lowest BCUT2D eigenvalue weighted by atomic mass is 9.89. The van der Waals surface area contributed by atoms with Gasteiger partial charge in [0.25, 0.3) is 0 Å². The molecule has 0 fully saturated rings. The number of carbonyl (C=O) groups is 2. The molecule has 0 radical (unpaired) electrons. The Morgan fingerprint density at radius 1 is 0.962 bits per heavy atom. The molecule has 0 heterocycles. The molecule has 5 heteroatoms. The van der Waals surface area contributed by atoms with Gasteiger partial charge in [-0.15, -0.1) is 0 Å². The average Bonchev–Trinajstić information content (AvgIpc) is 2.69. The molecule has 26 heavy (non-hydrogen) atoms. The van der Waals surface area contributed by atoms with Crippen molar-refractivity contribution in [3.8, 4) is 0 Å². The number of carbonyl (C=O) groups excluding carboxylic acids is 2. The van der Waals surface area contributed by atoms with E-state index >= 15 is 0 Å². The molecule has 0 aromatic heterocycles. The third-order valence-corrected chi connectivity index (χ3v) is 5.09. The van der Waals surface area contributed by atoms with Gasteiger partial charge in [-0.05, 0) is 32.1 Å². The first-order valence-electron chi connectivity index (χ1n) is 8.70. The van der Waals surface area contributed by atoms with Crippen LogP contribution in [0, 0.1) is 0 Å². The minimum atomic E-state index is -1.18. The molecule has 0 aliphatic rings. The molecule has 138 valence electrons. The monoisotopic (exact) mass is 373 g/mol. The summed E-state index contributed by atoms with van der Waals surface area (Å²) in [7, 11) is 0. The number of halogens is 1. The summed E-state index contributed by atoms with van der Waals surface area (Å²) in [5.74, 6) is -0.729. The molecule has 2 unspecified atom stereocenters. The first kappa shape index (κ1) is 20.1. The van der Waals surface area contributed by atoms with E-state index < -0.39 is 17.1 Å². The molecule has 0 amide bonds. The van der Waals surface area contributed by atoms with Crippen molar-refractivity contribution in [1.82, 2.24) is 4.90 Å². The van der Waals surface area contributed by atoms with E-state index in [1.54, 1.807) is 55.5 Å². The minimum absolute atomic E-state index is 0.178. The number of likely N-dealkylation sites (N-methyl/N-ethyl adjacent to an activating group) is 1. The van der Waals surface area contributed by atoms with E-state index in [2.05, 4.69) is 0 Å². The van der Waals surface area contributed by atoms with Crippen LogP contribution in [0.4, 0.5) is 0 Å². The third kappa shape index (κ3) is 4.14. The smallest absolute Gasteiger partial charge is 0.339 e. The fraction of sp³-hybridized carbons (Fsp3) is 0.333. The van der Waals surface area contributed by atoms with Crippen molar-refractivity contribution in [1.29, 1.82) is 0 Å². The predicted molar refractivity (Wildman–Crippen MR) is 104 cm³/mol. The molecule has 2 rings (SSSR count). The highest BCUT2D eigenvalue weighted by atomic mass is 35.5. The lowest BCUT2D eigenvalue weighted by Crippen LogP contribution is -2.59. The number of alkyl halides is 1. The molecular formula is C21H24ClNO3. The number of esters is 1. The van der Waals surface area contributed by atoms with Crippen molar-refractivity contribution in [3.05, 3.63) is 71.8 Å². The van der Waals surface area contributed by atoms with Crippen LogP contribution in [-0.2, 0) is 4.74 Å². The Kier molecular flexibility index (Phi) is 6.95. The average molecular weight is 374 g/mol. The van der Waals surface area contributed by atoms with Crippen LogP contribution in [0.2, 0.25) is 0 Å². The fourth-order valence-corrected chi connectivity index (χ4v) is 3.32. The molecule has 0 saturated heterocycles. The van der Waals surface area contributed by atoms with E-state index in [1.807, 2.05) is 30.9 Å². The van der Waals surface area contributed by atoms with Gasteiger partial charge >= 0.3 is 5.97 Å². The topological polar surface area (TPSA) is 46.6 Å². The van der Waals surface area contributed by atoms with Gasteiger partial charge in [0.05, 0.1) is 5.56 Å². The first-order valence-corrected chi connectivity index (χ1v) is 9.13. The van der Waals surface area contributed by atoms with Gasteiger partial charge in [-0.25, -0.2) is 4.79 Å². The maximum Gasteiger partial charge on any atom is 0.339 e. The van der Waals surface area contributed by atoms with E-state index in [-0.39, 0.29) is 5.78 Å². The summed E-state index contributed by atoms with van der Waals surface area (Å²) in [4.78, 5) is 27.6. The summed E-state index contributed by atoms with van der Waals surface area (Å²) in [6.45, 7) is 6.81. The van der Waals surface area contributed by atoms with Crippen LogP contribution < -0.4 is 0 Å². The van der Waals surface area contributed by atoms with Crippen molar-refractivity contribution in [2.24, 2.45) is 0 Å². The number of hydrogen-bond acceptors (Lipinski definition) is 4. The zero-order chi connectivity index (χ0) is 19.2. The molecule has 0 saturated carbocycles. The van der Waals surface area contributed by atoms with Gasteiger partial charge in [0.2, 0.25) is 5.56 Å². The van der Waals surface area contributed by atoms with Crippen LogP contribution in [0.5, 0.6) is 0 Å². The molecular weight excluding hydrogens is 350 g/mol. The number of benzene rings is 2. The number of hydrogen-bond donors (Lipinski definition) is 0. The Labute approximate surface area is 159 Å². The maximum absolute atomic E-state index is 13.3. The number of Topliss-reactive ketones (excluding diaryl/α,β-unsaturated/α-hetero) is 1. The Bertz CT molecular complexity index is 731. The van der Waals surface area contributed by atoms with Gasteiger partial charge in [0, 0.05) is 5.56 Å². The van der Waals surface area contributed by atoms with E-state index in [4.69, 9.17) is 16.3 Å². The van der Waals surface area contributed by atoms with E-state index in [1.165, 1.54) is 0 Å². The lowest BCUT2D eigenvalue weighted by molar-refractivity contribution is -0.000903. The van der Waals surface area contributed by atoms with Gasteiger partial charge in [-0.2, -0.15) is 0 Å². The summed E-state index contributed by atoms with van der Waals surface area (Å²) in [6, 6.07) is 17.5. The zero-order valence-electron chi connectivity index (χ0n) is 15.3. The SMILES string of the molecule is CCN(CC)C(C)(C(=O)c1ccccc1)C(Cl)OC(=O)c1ccccc1. The van der Waals surface area contributed by atoms with Crippen molar-refractivity contribution in [3.63, 3.8) is 0 Å². The normalized spacial score (nSPS) is 14.5. The number of ether oxygens (including phenoxy) is 1. The third-order valence-electron chi connectivity index (χ3n) is 4.58. The van der Waals surface area contributed by atoms with E-state index in [9.17, 15) is 9.59 Å². The standard InChI is InChI=1S/C21H24ClNO3/c1-4-23(5-2)21(3,18(24)16-12-8-6-9-13-16)20(22)26-19(25)17-14-10-7-11-15-17/h6-15,20H,4-5H2,1-3H3. The van der Waals surface area contributed by atoms with Crippen LogP contribution >= 0.6 is 11.6 Å². The Morgan fingerprint density at radius 2 is 1.42 bits per heavy atom. The quantitative estimate of drug-likeness (QED) is 0.391. The second kappa shape index (κ2) is 8.97. The summed E-state index contributed by atoms with van der Waals surface area (Å²) in [6.07, 6.45) is 0. The molecule has 0 aliphatic heterocycles. The van der Waals surface area contributed by atoms with Crippen LogP contribution in [-0.4, -0.2) is 40.8 Å². The Morgan fingerprint density at radius 3 is 1.88 bits per heavy atom. The summed E-state index contributed by atoms with van der Waals surface area (Å²) < 4.78 is 5.49. The van der Waals surface area contributed by atoms with Gasteiger partial charge in [0.1, 0.15) is 5.54 Å². The molecule has 2 atom stereocenters. The molecule has 2 aromatic carbocycles.